The summed E-state index contributed by atoms with van der Waals surface area (Å²) >= 11 is 0. The molecule has 5 nitrogen and oxygen atoms in total. The van der Waals surface area contributed by atoms with Gasteiger partial charge in [0.2, 0.25) is 5.91 Å². The number of carbonyl (C=O) groups excluding carboxylic acids is 1. The number of methoxy groups -OCH3 is 1. The van der Waals surface area contributed by atoms with Gasteiger partial charge in [-0.15, -0.1) is 0 Å². The Morgan fingerprint density at radius 2 is 1.77 bits per heavy atom. The highest BCUT2D eigenvalue weighted by atomic mass is 32.2. The van der Waals surface area contributed by atoms with Gasteiger partial charge in [0.25, 0.3) is 0 Å². The van der Waals surface area contributed by atoms with Gasteiger partial charge < -0.3 is 10.1 Å². The first-order valence-electron chi connectivity index (χ1n) is 7.49. The number of carbonyl (C=O) groups is 1. The summed E-state index contributed by atoms with van der Waals surface area (Å²) in [4.78, 5) is 12.4. The minimum Gasteiger partial charge on any atom is -0.381 e. The van der Waals surface area contributed by atoms with Gasteiger partial charge in [-0.25, -0.2) is 8.42 Å². The van der Waals surface area contributed by atoms with Gasteiger partial charge in [-0.1, -0.05) is 12.1 Å². The molecule has 1 N–H and O–H groups in total. The summed E-state index contributed by atoms with van der Waals surface area (Å²) < 4.78 is 28.1. The Balaban J connectivity index is 1.84. The smallest absolute Gasteiger partial charge is 0.223 e. The van der Waals surface area contributed by atoms with Crippen molar-refractivity contribution in [3.05, 3.63) is 29.8 Å². The molecule has 1 aromatic rings. The topological polar surface area (TPSA) is 72.5 Å². The van der Waals surface area contributed by atoms with Crippen molar-refractivity contribution < 1.29 is 17.9 Å². The number of rotatable bonds is 5. The fourth-order valence-electron chi connectivity index (χ4n) is 2.75. The first-order valence-corrected chi connectivity index (χ1v) is 9.39. The molecule has 0 atom stereocenters. The van der Waals surface area contributed by atoms with E-state index in [-0.39, 0.29) is 17.9 Å². The number of nitrogens with one attached hydrogen (secondary N) is 1. The van der Waals surface area contributed by atoms with Gasteiger partial charge in [-0.05, 0) is 43.4 Å². The van der Waals surface area contributed by atoms with Gasteiger partial charge in [0.1, 0.15) is 0 Å². The van der Waals surface area contributed by atoms with Gasteiger partial charge in [0.15, 0.2) is 9.84 Å². The predicted octanol–water partition coefficient (Wildman–Crippen LogP) is 1.91. The monoisotopic (exact) mass is 325 g/mol. The van der Waals surface area contributed by atoms with Crippen molar-refractivity contribution >= 4 is 15.7 Å². The maximum atomic E-state index is 12.1. The van der Waals surface area contributed by atoms with Crippen molar-refractivity contribution in [2.75, 3.05) is 13.4 Å². The molecule has 1 aliphatic rings. The van der Waals surface area contributed by atoms with E-state index in [9.17, 15) is 13.2 Å². The van der Waals surface area contributed by atoms with Crippen molar-refractivity contribution in [1.29, 1.82) is 0 Å². The Morgan fingerprint density at radius 1 is 1.18 bits per heavy atom. The van der Waals surface area contributed by atoms with Crippen LogP contribution in [0.15, 0.2) is 29.2 Å². The predicted molar refractivity (Wildman–Crippen MR) is 84.2 cm³/mol. The van der Waals surface area contributed by atoms with E-state index in [0.717, 1.165) is 31.2 Å². The van der Waals surface area contributed by atoms with Gasteiger partial charge in [-0.3, -0.25) is 4.79 Å². The van der Waals surface area contributed by atoms with Gasteiger partial charge in [0.05, 0.1) is 11.0 Å². The molecule has 1 saturated carbocycles. The molecule has 122 valence electrons. The number of benzene rings is 1. The summed E-state index contributed by atoms with van der Waals surface area (Å²) in [5, 5.41) is 2.93. The summed E-state index contributed by atoms with van der Waals surface area (Å²) in [6.07, 6.45) is 5.04. The molecular weight excluding hydrogens is 302 g/mol. The number of amides is 1. The maximum absolute atomic E-state index is 12.1. The summed E-state index contributed by atoms with van der Waals surface area (Å²) in [5.74, 6) is 0.128. The quantitative estimate of drug-likeness (QED) is 0.897. The normalized spacial score (nSPS) is 22.3. The van der Waals surface area contributed by atoms with E-state index in [0.29, 0.717) is 11.4 Å². The second kappa shape index (κ2) is 7.24. The average Bonchev–Trinajstić information content (AvgIpc) is 2.52. The van der Waals surface area contributed by atoms with Crippen molar-refractivity contribution in [3.8, 4) is 0 Å². The third kappa shape index (κ3) is 4.55. The highest BCUT2D eigenvalue weighted by molar-refractivity contribution is 7.90. The molecule has 1 fully saturated rings. The van der Waals surface area contributed by atoms with Crippen LogP contribution in [0, 0.1) is 5.92 Å². The van der Waals surface area contributed by atoms with Crippen molar-refractivity contribution in [2.24, 2.45) is 5.92 Å². The lowest BCUT2D eigenvalue weighted by Gasteiger charge is -2.26. The summed E-state index contributed by atoms with van der Waals surface area (Å²) in [6.45, 7) is 0.424. The number of hydrogen-bond acceptors (Lipinski definition) is 4. The molecule has 0 unspecified atom stereocenters. The van der Waals surface area contributed by atoms with Crippen LogP contribution in [0.2, 0.25) is 0 Å². The second-order valence-electron chi connectivity index (χ2n) is 5.84. The fraction of sp³-hybridized carbons (Fsp3) is 0.562. The van der Waals surface area contributed by atoms with Crippen molar-refractivity contribution in [1.82, 2.24) is 5.32 Å². The molecule has 0 spiro atoms. The molecule has 1 amide bonds. The fourth-order valence-corrected chi connectivity index (χ4v) is 3.38. The van der Waals surface area contributed by atoms with E-state index in [4.69, 9.17) is 4.74 Å². The molecule has 0 heterocycles. The van der Waals surface area contributed by atoms with Crippen LogP contribution in [0.1, 0.15) is 31.2 Å². The number of sulfone groups is 1. The molecule has 22 heavy (non-hydrogen) atoms. The van der Waals surface area contributed by atoms with Gasteiger partial charge >= 0.3 is 0 Å². The van der Waals surface area contributed by atoms with E-state index in [1.54, 1.807) is 31.4 Å². The molecule has 0 radical (unpaired) electrons. The van der Waals surface area contributed by atoms with E-state index < -0.39 is 9.84 Å². The van der Waals surface area contributed by atoms with Gasteiger partial charge in [-0.2, -0.15) is 0 Å². The zero-order valence-corrected chi connectivity index (χ0v) is 13.9. The second-order valence-corrected chi connectivity index (χ2v) is 7.86. The highest BCUT2D eigenvalue weighted by Crippen LogP contribution is 2.26. The lowest BCUT2D eigenvalue weighted by Crippen LogP contribution is -2.34. The first kappa shape index (κ1) is 17.0. The maximum Gasteiger partial charge on any atom is 0.223 e. The average molecular weight is 325 g/mol. The first-order chi connectivity index (χ1) is 10.4. The van der Waals surface area contributed by atoms with Crippen LogP contribution in [-0.4, -0.2) is 33.8 Å². The zero-order valence-electron chi connectivity index (χ0n) is 13.0. The van der Waals surface area contributed by atoms with E-state index in [1.807, 2.05) is 0 Å². The summed E-state index contributed by atoms with van der Waals surface area (Å²) in [5.41, 5.74) is 0.895. The summed E-state index contributed by atoms with van der Waals surface area (Å²) in [6, 6.07) is 6.61. The van der Waals surface area contributed by atoms with Gasteiger partial charge in [0, 0.05) is 25.8 Å². The Bertz CT molecular complexity index is 602. The Morgan fingerprint density at radius 3 is 2.27 bits per heavy atom. The molecule has 6 heteroatoms. The number of hydrogen-bond donors (Lipinski definition) is 1. The van der Waals surface area contributed by atoms with Crippen LogP contribution in [0.4, 0.5) is 0 Å². The minimum absolute atomic E-state index is 0.0571. The zero-order chi connectivity index (χ0) is 16.2. The molecule has 1 aliphatic carbocycles. The molecule has 0 aliphatic heterocycles. The molecule has 0 aromatic heterocycles. The SMILES string of the molecule is COC1CCC(C(=O)NCc2ccc(S(C)(=O)=O)cc2)CC1. The molecule has 0 saturated heterocycles. The highest BCUT2D eigenvalue weighted by Gasteiger charge is 2.25. The largest absolute Gasteiger partial charge is 0.381 e. The number of ether oxygens (including phenoxy) is 1. The van der Waals surface area contributed by atoms with Crippen LogP contribution in [0.25, 0.3) is 0 Å². The lowest BCUT2D eigenvalue weighted by atomic mass is 9.87. The van der Waals surface area contributed by atoms with E-state index in [2.05, 4.69) is 5.32 Å². The van der Waals surface area contributed by atoms with Crippen LogP contribution in [0.5, 0.6) is 0 Å². The molecule has 0 bridgehead atoms. The molecule has 1 aromatic carbocycles. The Kier molecular flexibility index (Phi) is 5.58. The minimum atomic E-state index is -3.17. The van der Waals surface area contributed by atoms with E-state index >= 15 is 0 Å². The van der Waals surface area contributed by atoms with Crippen LogP contribution >= 0.6 is 0 Å². The molecular formula is C16H23NO4S. The van der Waals surface area contributed by atoms with Crippen LogP contribution in [0.3, 0.4) is 0 Å². The lowest BCUT2D eigenvalue weighted by molar-refractivity contribution is -0.126. The van der Waals surface area contributed by atoms with Crippen LogP contribution in [-0.2, 0) is 25.9 Å². The summed E-state index contributed by atoms with van der Waals surface area (Å²) in [7, 11) is -1.46. The Labute approximate surface area is 132 Å². The van der Waals surface area contributed by atoms with Crippen molar-refractivity contribution in [2.45, 2.75) is 43.2 Å². The molecule has 2 rings (SSSR count). The van der Waals surface area contributed by atoms with Crippen molar-refractivity contribution in [3.63, 3.8) is 0 Å². The Hall–Kier alpha value is -1.40. The third-order valence-corrected chi connectivity index (χ3v) is 5.33. The van der Waals surface area contributed by atoms with E-state index in [1.165, 1.54) is 6.26 Å². The standard InChI is InChI=1S/C16H23NO4S/c1-21-14-7-5-13(6-8-14)16(18)17-11-12-3-9-15(10-4-12)22(2,19)20/h3-4,9-10,13-14H,5-8,11H2,1-2H3,(H,17,18). The van der Waals surface area contributed by atoms with Crippen LogP contribution < -0.4 is 5.32 Å². The third-order valence-electron chi connectivity index (χ3n) is 4.20.